The number of hydrogen-bond donors (Lipinski definition) is 2. The second kappa shape index (κ2) is 9.48. The average molecular weight is 497 g/mol. The van der Waals surface area contributed by atoms with Gasteiger partial charge in [0.15, 0.2) is 5.75 Å². The number of carboxylic acid groups (broad SMARTS) is 1. The van der Waals surface area contributed by atoms with Crippen LogP contribution in [0.3, 0.4) is 0 Å². The van der Waals surface area contributed by atoms with Crippen molar-refractivity contribution in [2.75, 3.05) is 5.75 Å². The molecule has 1 aliphatic rings. The van der Waals surface area contributed by atoms with Crippen molar-refractivity contribution in [2.45, 2.75) is 45.8 Å². The minimum atomic E-state index is -3.98. The van der Waals surface area contributed by atoms with Gasteiger partial charge in [-0.15, -0.1) is 0 Å². The number of ether oxygens (including phenoxy) is 1. The predicted octanol–water partition coefficient (Wildman–Crippen LogP) is 3.36. The number of nitriles is 1. The summed E-state index contributed by atoms with van der Waals surface area (Å²) in [5.74, 6) is -1.34. The first-order valence-corrected chi connectivity index (χ1v) is 12.6. The van der Waals surface area contributed by atoms with E-state index in [9.17, 15) is 18.5 Å². The Morgan fingerprint density at radius 1 is 1.34 bits per heavy atom. The fraction of sp³-hybridized carbons (Fsp3) is 0.333. The Hall–Kier alpha value is -3.75. The number of benzene rings is 2. The summed E-state index contributed by atoms with van der Waals surface area (Å²) in [6.45, 7) is 5.66. The Morgan fingerprint density at radius 3 is 2.80 bits per heavy atom. The lowest BCUT2D eigenvalue weighted by atomic mass is 9.97. The number of carboxylic acids is 1. The molecule has 1 heterocycles. The number of fused-ring (bicyclic) bond motifs is 1. The van der Waals surface area contributed by atoms with Crippen molar-refractivity contribution in [2.24, 2.45) is 0 Å². The maximum Gasteiger partial charge on any atom is 0.320 e. The van der Waals surface area contributed by atoms with E-state index in [1.54, 1.807) is 18.2 Å². The molecule has 2 aromatic carbocycles. The van der Waals surface area contributed by atoms with Crippen molar-refractivity contribution in [1.29, 1.82) is 5.26 Å². The first kappa shape index (κ1) is 24.4. The van der Waals surface area contributed by atoms with Crippen molar-refractivity contribution in [1.82, 2.24) is 14.9 Å². The monoisotopic (exact) mass is 496 g/mol. The third-order valence-electron chi connectivity index (χ3n) is 5.61. The van der Waals surface area contributed by atoms with Crippen LogP contribution in [0.15, 0.2) is 34.9 Å². The van der Waals surface area contributed by atoms with Gasteiger partial charge in [-0.1, -0.05) is 17.3 Å². The second-order valence-electron chi connectivity index (χ2n) is 8.60. The van der Waals surface area contributed by atoms with E-state index in [1.165, 1.54) is 0 Å². The maximum absolute atomic E-state index is 12.2. The molecule has 0 radical (unpaired) electrons. The molecule has 2 N–H and O–H groups in total. The topological polar surface area (TPSA) is 155 Å². The number of aromatic nitrogens is 2. The van der Waals surface area contributed by atoms with Crippen LogP contribution in [0.4, 0.5) is 0 Å². The van der Waals surface area contributed by atoms with Crippen molar-refractivity contribution in [3.05, 3.63) is 52.6 Å². The molecule has 0 aliphatic heterocycles. The molecule has 0 saturated carbocycles. The van der Waals surface area contributed by atoms with E-state index in [1.807, 2.05) is 32.9 Å². The molecule has 1 aromatic heterocycles. The van der Waals surface area contributed by atoms with E-state index < -0.39 is 27.8 Å². The fourth-order valence-corrected chi connectivity index (χ4v) is 5.31. The quantitative estimate of drug-likeness (QED) is 0.477. The van der Waals surface area contributed by atoms with Gasteiger partial charge in [-0.25, -0.2) is 13.1 Å². The molecule has 35 heavy (non-hydrogen) atoms. The summed E-state index contributed by atoms with van der Waals surface area (Å²) in [6, 6.07) is 10.3. The van der Waals surface area contributed by atoms with Crippen LogP contribution in [-0.2, 0) is 21.2 Å². The van der Waals surface area contributed by atoms with Gasteiger partial charge in [0.05, 0.1) is 11.7 Å². The van der Waals surface area contributed by atoms with Crippen LogP contribution in [0.25, 0.3) is 22.8 Å². The Kier molecular flexibility index (Phi) is 6.60. The van der Waals surface area contributed by atoms with Gasteiger partial charge in [0, 0.05) is 17.2 Å². The Morgan fingerprint density at radius 2 is 2.11 bits per heavy atom. The highest BCUT2D eigenvalue weighted by Crippen LogP contribution is 2.39. The van der Waals surface area contributed by atoms with Gasteiger partial charge >= 0.3 is 5.97 Å². The van der Waals surface area contributed by atoms with E-state index in [0.29, 0.717) is 35.5 Å². The molecule has 0 bridgehead atoms. The largest absolute Gasteiger partial charge is 0.490 e. The summed E-state index contributed by atoms with van der Waals surface area (Å²) < 4.78 is 38.0. The molecule has 3 aromatic rings. The molecular weight excluding hydrogens is 472 g/mol. The highest BCUT2D eigenvalue weighted by atomic mass is 32.2. The first-order chi connectivity index (χ1) is 16.6. The standard InChI is InChI=1S/C24H24N4O6S/c1-13(2)33-20-9-5-15(10-16(20)11-25)24-26-23(27-34-24)22-14(3)4-6-17-18(22)7-8-19(17)28-35(31,32)12-21(29)30/h4-6,9-10,13,19,28H,7-8,12H2,1-3H3,(H,29,30). The molecule has 1 atom stereocenters. The van der Waals surface area contributed by atoms with E-state index in [0.717, 1.165) is 22.3 Å². The lowest BCUT2D eigenvalue weighted by molar-refractivity contribution is -0.134. The van der Waals surface area contributed by atoms with Crippen molar-refractivity contribution in [3.63, 3.8) is 0 Å². The van der Waals surface area contributed by atoms with Crippen LogP contribution in [0, 0.1) is 18.3 Å². The summed E-state index contributed by atoms with van der Waals surface area (Å²) in [4.78, 5) is 15.4. The maximum atomic E-state index is 12.2. The zero-order valence-corrected chi connectivity index (χ0v) is 20.2. The minimum Gasteiger partial charge on any atom is -0.490 e. The SMILES string of the molecule is Cc1ccc2c(c1-c1noc(-c3ccc(OC(C)C)c(C#N)c3)n1)CCC2NS(=O)(=O)CC(=O)O. The van der Waals surface area contributed by atoms with Gasteiger partial charge in [0.1, 0.15) is 11.8 Å². The van der Waals surface area contributed by atoms with Gasteiger partial charge in [-0.3, -0.25) is 4.79 Å². The summed E-state index contributed by atoms with van der Waals surface area (Å²) in [5.41, 5.74) is 4.21. The number of nitrogens with zero attached hydrogens (tertiary/aromatic N) is 3. The molecule has 0 amide bonds. The molecule has 10 nitrogen and oxygen atoms in total. The van der Waals surface area contributed by atoms with E-state index in [2.05, 4.69) is 20.9 Å². The molecule has 0 fully saturated rings. The highest BCUT2D eigenvalue weighted by molar-refractivity contribution is 7.90. The summed E-state index contributed by atoms with van der Waals surface area (Å²) in [6.07, 6.45) is 0.970. The summed E-state index contributed by atoms with van der Waals surface area (Å²) in [5, 5.41) is 22.5. The van der Waals surface area contributed by atoms with Crippen LogP contribution in [0.1, 0.15) is 48.6 Å². The minimum absolute atomic E-state index is 0.0801. The van der Waals surface area contributed by atoms with Crippen molar-refractivity contribution < 1.29 is 27.6 Å². The smallest absolute Gasteiger partial charge is 0.320 e. The summed E-state index contributed by atoms with van der Waals surface area (Å²) >= 11 is 0. The van der Waals surface area contributed by atoms with E-state index in [-0.39, 0.29) is 12.0 Å². The molecule has 4 rings (SSSR count). The number of aryl methyl sites for hydroxylation is 1. The average Bonchev–Trinajstić information content (AvgIpc) is 3.40. The fourth-order valence-electron chi connectivity index (χ4n) is 4.23. The number of carbonyl (C=O) groups is 1. The number of sulfonamides is 1. The van der Waals surface area contributed by atoms with Gasteiger partial charge in [0.2, 0.25) is 15.8 Å². The zero-order chi connectivity index (χ0) is 25.3. The van der Waals surface area contributed by atoms with Gasteiger partial charge < -0.3 is 14.4 Å². The molecule has 1 aliphatic carbocycles. The Labute approximate surface area is 202 Å². The first-order valence-electron chi connectivity index (χ1n) is 11.0. The molecule has 0 saturated heterocycles. The highest BCUT2D eigenvalue weighted by Gasteiger charge is 2.31. The van der Waals surface area contributed by atoms with Crippen molar-refractivity contribution >= 4 is 16.0 Å². The number of hydrogen-bond acceptors (Lipinski definition) is 8. The second-order valence-corrected chi connectivity index (χ2v) is 10.4. The third-order valence-corrected chi connectivity index (χ3v) is 6.88. The number of aliphatic carboxylic acids is 1. The van der Waals surface area contributed by atoms with Crippen LogP contribution < -0.4 is 9.46 Å². The molecule has 1 unspecified atom stereocenters. The van der Waals surface area contributed by atoms with E-state index >= 15 is 0 Å². The lowest BCUT2D eigenvalue weighted by Crippen LogP contribution is -2.32. The lowest BCUT2D eigenvalue weighted by Gasteiger charge is -2.15. The van der Waals surface area contributed by atoms with E-state index in [4.69, 9.17) is 14.4 Å². The van der Waals surface area contributed by atoms with Crippen LogP contribution in [0.5, 0.6) is 5.75 Å². The predicted molar refractivity (Wildman–Crippen MR) is 126 cm³/mol. The molecule has 0 spiro atoms. The molecule has 182 valence electrons. The van der Waals surface area contributed by atoms with Crippen LogP contribution in [0.2, 0.25) is 0 Å². The normalized spacial score (nSPS) is 15.1. The van der Waals surface area contributed by atoms with Gasteiger partial charge in [0.25, 0.3) is 5.89 Å². The van der Waals surface area contributed by atoms with Gasteiger partial charge in [-0.05, 0) is 68.5 Å². The Balaban J connectivity index is 1.66. The number of nitrogens with one attached hydrogen (secondary N) is 1. The molecular formula is C24H24N4O6S. The zero-order valence-electron chi connectivity index (χ0n) is 19.4. The Bertz CT molecular complexity index is 1440. The number of rotatable bonds is 8. The van der Waals surface area contributed by atoms with Gasteiger partial charge in [-0.2, -0.15) is 10.2 Å². The summed E-state index contributed by atoms with van der Waals surface area (Å²) in [7, 11) is -3.98. The van der Waals surface area contributed by atoms with Crippen LogP contribution in [-0.4, -0.2) is 41.5 Å². The van der Waals surface area contributed by atoms with Crippen molar-refractivity contribution in [3.8, 4) is 34.7 Å². The molecule has 11 heteroatoms. The third kappa shape index (κ3) is 5.18. The van der Waals surface area contributed by atoms with Crippen LogP contribution >= 0.6 is 0 Å².